The van der Waals surface area contributed by atoms with Crippen molar-refractivity contribution < 1.29 is 9.47 Å². The molecule has 0 amide bonds. The second-order valence-corrected chi connectivity index (χ2v) is 6.61. The highest BCUT2D eigenvalue weighted by Crippen LogP contribution is 2.34. The first-order valence-electron chi connectivity index (χ1n) is 8.55. The van der Waals surface area contributed by atoms with Crippen LogP contribution in [0.25, 0.3) is 22.2 Å². The number of aromatic nitrogens is 1. The number of H-pyrrole nitrogens is 1. The van der Waals surface area contributed by atoms with E-state index in [0.29, 0.717) is 5.02 Å². The molecule has 5 nitrogen and oxygen atoms in total. The molecule has 2 N–H and O–H groups in total. The fourth-order valence-corrected chi connectivity index (χ4v) is 3.33. The molecule has 2 aromatic carbocycles. The summed E-state index contributed by atoms with van der Waals surface area (Å²) in [4.78, 5) is 8.13. The predicted octanol–water partition coefficient (Wildman–Crippen LogP) is 4.21. The van der Waals surface area contributed by atoms with Crippen molar-refractivity contribution in [3.63, 3.8) is 0 Å². The van der Waals surface area contributed by atoms with Crippen LogP contribution in [0.5, 0.6) is 5.75 Å². The van der Waals surface area contributed by atoms with Crippen molar-refractivity contribution in [2.45, 2.75) is 13.2 Å². The smallest absolute Gasteiger partial charge is 0.196 e. The summed E-state index contributed by atoms with van der Waals surface area (Å²) in [7, 11) is 1.62. The second kappa shape index (κ2) is 7.02. The highest BCUT2D eigenvalue weighted by Gasteiger charge is 2.20. The molecular weight excluding hydrogens is 350 g/mol. The maximum Gasteiger partial charge on any atom is 0.196 e. The molecule has 0 saturated heterocycles. The van der Waals surface area contributed by atoms with Gasteiger partial charge in [-0.25, -0.2) is 0 Å². The van der Waals surface area contributed by atoms with Crippen LogP contribution in [0.3, 0.4) is 0 Å². The summed E-state index contributed by atoms with van der Waals surface area (Å²) < 4.78 is 11.0. The van der Waals surface area contributed by atoms with Crippen LogP contribution in [0.15, 0.2) is 47.5 Å². The van der Waals surface area contributed by atoms with Gasteiger partial charge < -0.3 is 19.8 Å². The highest BCUT2D eigenvalue weighted by molar-refractivity contribution is 6.31. The van der Waals surface area contributed by atoms with Crippen LogP contribution < -0.4 is 10.1 Å². The number of benzene rings is 2. The van der Waals surface area contributed by atoms with Crippen molar-refractivity contribution in [3.05, 3.63) is 53.1 Å². The zero-order valence-corrected chi connectivity index (χ0v) is 15.4. The molecule has 4 rings (SSSR count). The van der Waals surface area contributed by atoms with Gasteiger partial charge >= 0.3 is 0 Å². The Bertz CT molecular complexity index is 980. The fourth-order valence-electron chi connectivity index (χ4n) is 3.16. The van der Waals surface area contributed by atoms with Crippen molar-refractivity contribution in [1.29, 1.82) is 0 Å². The number of methoxy groups -OCH3 is 1. The summed E-state index contributed by atoms with van der Waals surface area (Å²) in [5.74, 6) is 1.64. The Morgan fingerprint density at radius 2 is 2.08 bits per heavy atom. The molecule has 0 spiro atoms. The number of rotatable bonds is 5. The van der Waals surface area contributed by atoms with E-state index < -0.39 is 0 Å². The van der Waals surface area contributed by atoms with Crippen LogP contribution in [0.2, 0.25) is 5.02 Å². The zero-order valence-electron chi connectivity index (χ0n) is 14.7. The maximum absolute atomic E-state index is 6.24. The number of ether oxygens (including phenoxy) is 2. The lowest BCUT2D eigenvalue weighted by molar-refractivity contribution is -0.0382. The van der Waals surface area contributed by atoms with Crippen LogP contribution >= 0.6 is 11.6 Å². The Hall–Kier alpha value is -2.50. The number of aliphatic imine (C=N–C) groups is 1. The molecule has 1 unspecified atom stereocenters. The minimum atomic E-state index is -0.313. The molecule has 1 atom stereocenters. The minimum Gasteiger partial charge on any atom is -0.465 e. The number of nitrogens with zero attached hydrogens (tertiary/aromatic N) is 1. The molecule has 0 bridgehead atoms. The van der Waals surface area contributed by atoms with Crippen LogP contribution in [0.4, 0.5) is 0 Å². The van der Waals surface area contributed by atoms with E-state index in [0.717, 1.165) is 52.4 Å². The van der Waals surface area contributed by atoms with Gasteiger partial charge in [0.05, 0.1) is 12.2 Å². The third-order valence-electron chi connectivity index (χ3n) is 4.43. The van der Waals surface area contributed by atoms with Gasteiger partial charge in [-0.05, 0) is 37.3 Å². The SMILES string of the molecule is COC(C)Oc1cccc(-c2[nH]c3ccc(Cl)cc3c2C2=NCCN2)c1. The normalized spacial score (nSPS) is 15.0. The summed E-state index contributed by atoms with van der Waals surface area (Å²) in [6.07, 6.45) is -0.313. The summed E-state index contributed by atoms with van der Waals surface area (Å²) >= 11 is 6.24. The first-order chi connectivity index (χ1) is 12.7. The van der Waals surface area contributed by atoms with Gasteiger partial charge in [0.15, 0.2) is 6.29 Å². The van der Waals surface area contributed by atoms with Gasteiger partial charge in [0.25, 0.3) is 0 Å². The summed E-state index contributed by atoms with van der Waals surface area (Å²) in [6, 6.07) is 13.8. The number of halogens is 1. The first-order valence-corrected chi connectivity index (χ1v) is 8.93. The highest BCUT2D eigenvalue weighted by atomic mass is 35.5. The van der Waals surface area contributed by atoms with Crippen LogP contribution in [0, 0.1) is 0 Å². The molecule has 6 heteroatoms. The molecule has 1 aliphatic rings. The maximum atomic E-state index is 6.24. The molecule has 0 fully saturated rings. The zero-order chi connectivity index (χ0) is 18.1. The van der Waals surface area contributed by atoms with E-state index in [1.54, 1.807) is 7.11 Å². The van der Waals surface area contributed by atoms with Crippen molar-refractivity contribution in [3.8, 4) is 17.0 Å². The predicted molar refractivity (Wildman–Crippen MR) is 105 cm³/mol. The van der Waals surface area contributed by atoms with Crippen LogP contribution in [-0.2, 0) is 4.74 Å². The van der Waals surface area contributed by atoms with Gasteiger partial charge in [0.1, 0.15) is 11.6 Å². The molecule has 1 aromatic heterocycles. The monoisotopic (exact) mass is 369 g/mol. The molecular formula is C20H20ClN3O2. The molecule has 0 saturated carbocycles. The van der Waals surface area contributed by atoms with Gasteiger partial charge in [-0.15, -0.1) is 0 Å². The fraction of sp³-hybridized carbons (Fsp3) is 0.250. The minimum absolute atomic E-state index is 0.313. The molecule has 3 aromatic rings. The number of nitrogens with one attached hydrogen (secondary N) is 2. The van der Waals surface area contributed by atoms with Gasteiger partial charge in [0, 0.05) is 40.7 Å². The third kappa shape index (κ3) is 3.16. The van der Waals surface area contributed by atoms with Gasteiger partial charge in [-0.3, -0.25) is 4.99 Å². The van der Waals surface area contributed by atoms with E-state index in [9.17, 15) is 0 Å². The van der Waals surface area contributed by atoms with Crippen molar-refractivity contribution in [1.82, 2.24) is 10.3 Å². The summed E-state index contributed by atoms with van der Waals surface area (Å²) in [5.41, 5.74) is 4.07. The lowest BCUT2D eigenvalue weighted by Crippen LogP contribution is -2.19. The molecule has 2 heterocycles. The van der Waals surface area contributed by atoms with E-state index >= 15 is 0 Å². The van der Waals surface area contributed by atoms with E-state index in [2.05, 4.69) is 21.4 Å². The van der Waals surface area contributed by atoms with Crippen LogP contribution in [0.1, 0.15) is 12.5 Å². The van der Waals surface area contributed by atoms with Crippen LogP contribution in [-0.4, -0.2) is 37.3 Å². The Morgan fingerprint density at radius 1 is 1.19 bits per heavy atom. The lowest BCUT2D eigenvalue weighted by Gasteiger charge is -2.13. The second-order valence-electron chi connectivity index (χ2n) is 6.17. The van der Waals surface area contributed by atoms with E-state index in [1.165, 1.54) is 0 Å². The number of hydrogen-bond acceptors (Lipinski definition) is 4. The Balaban J connectivity index is 1.86. The largest absolute Gasteiger partial charge is 0.465 e. The summed E-state index contributed by atoms with van der Waals surface area (Å²) in [5, 5.41) is 5.13. The van der Waals surface area contributed by atoms with Gasteiger partial charge in [-0.1, -0.05) is 23.7 Å². The molecule has 1 aliphatic heterocycles. The summed E-state index contributed by atoms with van der Waals surface area (Å²) in [6.45, 7) is 3.48. The topological polar surface area (TPSA) is 58.6 Å². The third-order valence-corrected chi connectivity index (χ3v) is 4.66. The molecule has 0 aliphatic carbocycles. The van der Waals surface area contributed by atoms with Crippen molar-refractivity contribution in [2.24, 2.45) is 4.99 Å². The quantitative estimate of drug-likeness (QED) is 0.662. The van der Waals surface area contributed by atoms with E-state index in [4.69, 9.17) is 21.1 Å². The number of amidine groups is 1. The van der Waals surface area contributed by atoms with E-state index in [1.807, 2.05) is 43.3 Å². The van der Waals surface area contributed by atoms with Crippen molar-refractivity contribution in [2.75, 3.05) is 20.2 Å². The molecule has 0 radical (unpaired) electrons. The number of aromatic amines is 1. The molecule has 26 heavy (non-hydrogen) atoms. The number of fused-ring (bicyclic) bond motifs is 1. The Kier molecular flexibility index (Phi) is 4.57. The average molecular weight is 370 g/mol. The van der Waals surface area contributed by atoms with Crippen molar-refractivity contribution >= 4 is 28.3 Å². The average Bonchev–Trinajstić information content (AvgIpc) is 3.28. The van der Waals surface area contributed by atoms with Gasteiger partial charge in [0.2, 0.25) is 0 Å². The Morgan fingerprint density at radius 3 is 2.85 bits per heavy atom. The lowest BCUT2D eigenvalue weighted by atomic mass is 10.0. The molecule has 134 valence electrons. The van der Waals surface area contributed by atoms with E-state index in [-0.39, 0.29) is 6.29 Å². The Labute approximate surface area is 157 Å². The standard InChI is InChI=1S/C20H20ClN3O2/c1-12(25-2)26-15-5-3-4-13(10-15)19-18(20-22-8-9-23-20)16-11-14(21)6-7-17(16)24-19/h3-7,10-12,24H,8-9H2,1-2H3,(H,22,23). The number of hydrogen-bond donors (Lipinski definition) is 2. The first kappa shape index (κ1) is 16.9. The van der Waals surface area contributed by atoms with Gasteiger partial charge in [-0.2, -0.15) is 0 Å².